The standard InChI is InChI=1S/C16H25FO/c1-5-7-13(8-6-2)16(18)14-9-11(3)15(17)12(4)10-14/h9-10,13,16,18H,5-8H2,1-4H3. The summed E-state index contributed by atoms with van der Waals surface area (Å²) in [6.07, 6.45) is 3.71. The minimum Gasteiger partial charge on any atom is -0.388 e. The lowest BCUT2D eigenvalue weighted by atomic mass is 9.87. The van der Waals surface area contributed by atoms with Crippen molar-refractivity contribution in [3.8, 4) is 0 Å². The third-order valence-electron chi connectivity index (χ3n) is 3.57. The number of benzene rings is 1. The molecule has 0 radical (unpaired) electrons. The molecule has 0 aliphatic rings. The Labute approximate surface area is 110 Å². The Kier molecular flexibility index (Phi) is 5.80. The van der Waals surface area contributed by atoms with E-state index in [1.807, 2.05) is 0 Å². The topological polar surface area (TPSA) is 20.2 Å². The number of aliphatic hydroxyl groups is 1. The number of aryl methyl sites for hydroxylation is 2. The second-order valence-electron chi connectivity index (χ2n) is 5.25. The van der Waals surface area contributed by atoms with Crippen molar-refractivity contribution in [1.29, 1.82) is 0 Å². The molecule has 0 spiro atoms. The van der Waals surface area contributed by atoms with Crippen LogP contribution < -0.4 is 0 Å². The Hall–Kier alpha value is -0.890. The molecule has 2 heteroatoms. The number of hydrogen-bond donors (Lipinski definition) is 1. The van der Waals surface area contributed by atoms with Crippen molar-refractivity contribution in [2.75, 3.05) is 0 Å². The van der Waals surface area contributed by atoms with Gasteiger partial charge in [0.2, 0.25) is 0 Å². The SMILES string of the molecule is CCCC(CCC)C(O)c1cc(C)c(F)c(C)c1. The van der Waals surface area contributed by atoms with Gasteiger partial charge in [0.05, 0.1) is 6.10 Å². The fourth-order valence-electron chi connectivity index (χ4n) is 2.62. The van der Waals surface area contributed by atoms with E-state index in [0.717, 1.165) is 31.2 Å². The molecular weight excluding hydrogens is 227 g/mol. The molecule has 0 saturated heterocycles. The first-order valence-electron chi connectivity index (χ1n) is 6.95. The highest BCUT2D eigenvalue weighted by atomic mass is 19.1. The maximum absolute atomic E-state index is 13.6. The zero-order chi connectivity index (χ0) is 13.7. The molecule has 0 amide bonds. The first-order chi connectivity index (χ1) is 8.51. The number of halogens is 1. The molecule has 0 bridgehead atoms. The molecule has 1 nitrogen and oxygen atoms in total. The Morgan fingerprint density at radius 3 is 1.89 bits per heavy atom. The monoisotopic (exact) mass is 252 g/mol. The van der Waals surface area contributed by atoms with Gasteiger partial charge in [-0.3, -0.25) is 0 Å². The van der Waals surface area contributed by atoms with Crippen LogP contribution in [0.3, 0.4) is 0 Å². The van der Waals surface area contributed by atoms with Crippen LogP contribution in [0.5, 0.6) is 0 Å². The molecule has 1 unspecified atom stereocenters. The maximum atomic E-state index is 13.6. The summed E-state index contributed by atoms with van der Waals surface area (Å²) < 4.78 is 13.6. The van der Waals surface area contributed by atoms with Gasteiger partial charge in [-0.15, -0.1) is 0 Å². The van der Waals surface area contributed by atoms with Crippen molar-refractivity contribution in [2.45, 2.75) is 59.5 Å². The van der Waals surface area contributed by atoms with Gasteiger partial charge in [-0.2, -0.15) is 0 Å². The van der Waals surface area contributed by atoms with E-state index in [-0.39, 0.29) is 11.7 Å². The van der Waals surface area contributed by atoms with E-state index in [2.05, 4.69) is 13.8 Å². The van der Waals surface area contributed by atoms with Crippen LogP contribution in [0.15, 0.2) is 12.1 Å². The van der Waals surface area contributed by atoms with Crippen molar-refractivity contribution >= 4 is 0 Å². The minimum absolute atomic E-state index is 0.159. The van der Waals surface area contributed by atoms with Crippen LogP contribution in [0.4, 0.5) is 4.39 Å². The fraction of sp³-hybridized carbons (Fsp3) is 0.625. The summed E-state index contributed by atoms with van der Waals surface area (Å²) in [4.78, 5) is 0. The minimum atomic E-state index is -0.470. The molecular formula is C16H25FO. The first-order valence-corrected chi connectivity index (χ1v) is 6.95. The van der Waals surface area contributed by atoms with Gasteiger partial charge in [-0.05, 0) is 49.3 Å². The van der Waals surface area contributed by atoms with E-state index < -0.39 is 6.10 Å². The van der Waals surface area contributed by atoms with E-state index in [1.54, 1.807) is 26.0 Å². The van der Waals surface area contributed by atoms with Crippen LogP contribution in [0, 0.1) is 25.6 Å². The lowest BCUT2D eigenvalue weighted by Gasteiger charge is -2.23. The highest BCUT2D eigenvalue weighted by molar-refractivity contribution is 5.32. The molecule has 0 fully saturated rings. The van der Waals surface area contributed by atoms with Crippen LogP contribution in [0.1, 0.15) is 62.3 Å². The summed E-state index contributed by atoms with van der Waals surface area (Å²) in [5.41, 5.74) is 2.10. The molecule has 0 aromatic heterocycles. The predicted molar refractivity (Wildman–Crippen MR) is 74.1 cm³/mol. The summed E-state index contributed by atoms with van der Waals surface area (Å²) in [6, 6.07) is 3.57. The van der Waals surface area contributed by atoms with Crippen molar-refractivity contribution in [1.82, 2.24) is 0 Å². The zero-order valence-electron chi connectivity index (χ0n) is 12.0. The number of aliphatic hydroxyl groups excluding tert-OH is 1. The molecule has 1 N–H and O–H groups in total. The van der Waals surface area contributed by atoms with E-state index in [0.29, 0.717) is 11.1 Å². The molecule has 1 aromatic rings. The van der Waals surface area contributed by atoms with Gasteiger partial charge in [-0.25, -0.2) is 4.39 Å². The second kappa shape index (κ2) is 6.89. The molecule has 0 heterocycles. The van der Waals surface area contributed by atoms with Crippen LogP contribution in [0.25, 0.3) is 0 Å². The van der Waals surface area contributed by atoms with Gasteiger partial charge < -0.3 is 5.11 Å². The first kappa shape index (κ1) is 15.2. The zero-order valence-corrected chi connectivity index (χ0v) is 12.0. The van der Waals surface area contributed by atoms with Crippen molar-refractivity contribution in [3.63, 3.8) is 0 Å². The molecule has 18 heavy (non-hydrogen) atoms. The summed E-state index contributed by atoms with van der Waals surface area (Å²) >= 11 is 0. The van der Waals surface area contributed by atoms with Gasteiger partial charge >= 0.3 is 0 Å². The Morgan fingerprint density at radius 2 is 1.50 bits per heavy atom. The van der Waals surface area contributed by atoms with Crippen molar-refractivity contribution in [3.05, 3.63) is 34.6 Å². The summed E-state index contributed by atoms with van der Waals surface area (Å²) in [5, 5.41) is 10.5. The van der Waals surface area contributed by atoms with Crippen molar-refractivity contribution in [2.24, 2.45) is 5.92 Å². The van der Waals surface area contributed by atoms with E-state index in [4.69, 9.17) is 0 Å². The second-order valence-corrected chi connectivity index (χ2v) is 5.25. The Morgan fingerprint density at radius 1 is 1.06 bits per heavy atom. The fourth-order valence-corrected chi connectivity index (χ4v) is 2.62. The largest absolute Gasteiger partial charge is 0.388 e. The summed E-state index contributed by atoms with van der Waals surface area (Å²) in [6.45, 7) is 7.79. The molecule has 0 aliphatic heterocycles. The van der Waals surface area contributed by atoms with E-state index in [9.17, 15) is 9.50 Å². The average molecular weight is 252 g/mol. The lowest BCUT2D eigenvalue weighted by molar-refractivity contribution is 0.0963. The molecule has 1 rings (SSSR count). The molecule has 0 aliphatic carbocycles. The smallest absolute Gasteiger partial charge is 0.129 e. The number of rotatable bonds is 6. The Balaban J connectivity index is 2.97. The van der Waals surface area contributed by atoms with Crippen LogP contribution in [-0.4, -0.2) is 5.11 Å². The molecule has 1 aromatic carbocycles. The highest BCUT2D eigenvalue weighted by Gasteiger charge is 2.20. The van der Waals surface area contributed by atoms with E-state index >= 15 is 0 Å². The Bertz CT molecular complexity index is 358. The third-order valence-corrected chi connectivity index (χ3v) is 3.57. The maximum Gasteiger partial charge on any atom is 0.129 e. The van der Waals surface area contributed by atoms with Gasteiger partial charge in [0, 0.05) is 0 Å². The lowest BCUT2D eigenvalue weighted by Crippen LogP contribution is -2.13. The predicted octanol–water partition coefficient (Wildman–Crippen LogP) is 4.69. The summed E-state index contributed by atoms with van der Waals surface area (Å²) in [7, 11) is 0. The number of hydrogen-bond acceptors (Lipinski definition) is 1. The highest BCUT2D eigenvalue weighted by Crippen LogP contribution is 2.31. The molecule has 1 atom stereocenters. The van der Waals surface area contributed by atoms with Crippen molar-refractivity contribution < 1.29 is 9.50 Å². The van der Waals surface area contributed by atoms with Gasteiger partial charge in [0.15, 0.2) is 0 Å². The van der Waals surface area contributed by atoms with Gasteiger partial charge in [-0.1, -0.05) is 38.8 Å². The van der Waals surface area contributed by atoms with Crippen LogP contribution >= 0.6 is 0 Å². The van der Waals surface area contributed by atoms with Gasteiger partial charge in [0.1, 0.15) is 5.82 Å². The third kappa shape index (κ3) is 3.55. The molecule has 102 valence electrons. The van der Waals surface area contributed by atoms with Crippen LogP contribution in [-0.2, 0) is 0 Å². The average Bonchev–Trinajstić information content (AvgIpc) is 2.34. The van der Waals surface area contributed by atoms with Gasteiger partial charge in [0.25, 0.3) is 0 Å². The summed E-state index contributed by atoms with van der Waals surface area (Å²) in [5.74, 6) is 0.123. The quantitative estimate of drug-likeness (QED) is 0.778. The van der Waals surface area contributed by atoms with Crippen LogP contribution in [0.2, 0.25) is 0 Å². The normalized spacial score (nSPS) is 13.1. The van der Waals surface area contributed by atoms with E-state index in [1.165, 1.54) is 0 Å². The molecule has 0 saturated carbocycles.